The van der Waals surface area contributed by atoms with Gasteiger partial charge in [-0.2, -0.15) is 18.3 Å². The summed E-state index contributed by atoms with van der Waals surface area (Å²) in [6, 6.07) is 6.43. The molecule has 0 bridgehead atoms. The third kappa shape index (κ3) is 3.98. The van der Waals surface area contributed by atoms with Crippen molar-refractivity contribution >= 4 is 5.91 Å². The number of nitrogens with zero attached hydrogens (tertiary/aromatic N) is 2. The molecule has 0 unspecified atom stereocenters. The lowest BCUT2D eigenvalue weighted by atomic mass is 10.1. The van der Waals surface area contributed by atoms with Gasteiger partial charge in [0.15, 0.2) is 0 Å². The van der Waals surface area contributed by atoms with Gasteiger partial charge in [-0.25, -0.2) is 0 Å². The second-order valence-corrected chi connectivity index (χ2v) is 4.90. The lowest BCUT2D eigenvalue weighted by Crippen LogP contribution is -2.34. The molecule has 6 nitrogen and oxygen atoms in total. The number of nitrogens with one attached hydrogen (secondary N) is 1. The zero-order valence-corrected chi connectivity index (χ0v) is 13.3. The lowest BCUT2D eigenvalue weighted by molar-refractivity contribution is -0.123. The quantitative estimate of drug-likeness (QED) is 0.905. The largest absolute Gasteiger partial charge is 0.497 e. The van der Waals surface area contributed by atoms with Gasteiger partial charge in [0.25, 0.3) is 5.91 Å². The van der Waals surface area contributed by atoms with Gasteiger partial charge in [-0.3, -0.25) is 9.48 Å². The molecule has 1 aromatic carbocycles. The molecule has 0 saturated heterocycles. The van der Waals surface area contributed by atoms with Crippen molar-refractivity contribution in [3.63, 3.8) is 0 Å². The summed E-state index contributed by atoms with van der Waals surface area (Å²) in [4.78, 5) is 11.9. The summed E-state index contributed by atoms with van der Waals surface area (Å²) in [7, 11) is 4.45. The maximum absolute atomic E-state index is 12.2. The van der Waals surface area contributed by atoms with Crippen molar-refractivity contribution in [2.45, 2.75) is 6.18 Å². The van der Waals surface area contributed by atoms with Gasteiger partial charge in [-0.05, 0) is 24.3 Å². The van der Waals surface area contributed by atoms with Gasteiger partial charge in [0.2, 0.25) is 0 Å². The number of carbonyl (C=O) groups is 1. The zero-order chi connectivity index (χ0) is 17.9. The monoisotopic (exact) mass is 343 g/mol. The van der Waals surface area contributed by atoms with E-state index in [-0.39, 0.29) is 5.69 Å². The fraction of sp³-hybridized carbons (Fsp3) is 0.333. The third-order valence-electron chi connectivity index (χ3n) is 3.24. The first-order valence-electron chi connectivity index (χ1n) is 6.86. The zero-order valence-electron chi connectivity index (χ0n) is 13.3. The predicted molar refractivity (Wildman–Crippen MR) is 80.1 cm³/mol. The van der Waals surface area contributed by atoms with Gasteiger partial charge >= 0.3 is 6.18 Å². The molecule has 2 rings (SSSR count). The molecular formula is C15H16F3N3O3. The van der Waals surface area contributed by atoms with E-state index >= 15 is 0 Å². The highest BCUT2D eigenvalue weighted by atomic mass is 19.4. The van der Waals surface area contributed by atoms with E-state index in [0.29, 0.717) is 22.8 Å². The second-order valence-electron chi connectivity index (χ2n) is 4.90. The molecule has 1 aromatic heterocycles. The van der Waals surface area contributed by atoms with Crippen LogP contribution in [0, 0.1) is 0 Å². The Morgan fingerprint density at radius 3 is 2.54 bits per heavy atom. The number of halogens is 3. The Labute approximate surface area is 136 Å². The van der Waals surface area contributed by atoms with Gasteiger partial charge in [-0.15, -0.1) is 0 Å². The fourth-order valence-electron chi connectivity index (χ4n) is 2.10. The summed E-state index contributed by atoms with van der Waals surface area (Å²) in [5, 5.41) is 5.98. The number of aryl methyl sites for hydroxylation is 1. The lowest BCUT2D eigenvalue weighted by Gasteiger charge is -2.08. The minimum absolute atomic E-state index is 0.000812. The van der Waals surface area contributed by atoms with Crippen molar-refractivity contribution < 1.29 is 27.4 Å². The van der Waals surface area contributed by atoms with Crippen LogP contribution in [-0.2, 0) is 7.05 Å². The second kappa shape index (κ2) is 6.81. The SMILES string of the molecule is COc1ccc(OC)c(-c2cc(C(=O)NCC(F)(F)F)n(C)n2)c1. The van der Waals surface area contributed by atoms with Gasteiger partial charge in [-0.1, -0.05) is 0 Å². The first-order valence-corrected chi connectivity index (χ1v) is 6.86. The van der Waals surface area contributed by atoms with Crippen LogP contribution in [-0.4, -0.2) is 42.6 Å². The van der Waals surface area contributed by atoms with Crippen LogP contribution >= 0.6 is 0 Å². The molecule has 0 spiro atoms. The van der Waals surface area contributed by atoms with Gasteiger partial charge in [0.05, 0.1) is 19.9 Å². The molecule has 0 aliphatic rings. The smallest absolute Gasteiger partial charge is 0.405 e. The molecule has 0 fully saturated rings. The number of methoxy groups -OCH3 is 2. The average molecular weight is 343 g/mol. The Morgan fingerprint density at radius 1 is 1.25 bits per heavy atom. The maximum atomic E-state index is 12.2. The highest BCUT2D eigenvalue weighted by molar-refractivity contribution is 5.94. The number of ether oxygens (including phenoxy) is 2. The topological polar surface area (TPSA) is 65.4 Å². The first-order chi connectivity index (χ1) is 11.2. The summed E-state index contributed by atoms with van der Waals surface area (Å²) in [6.07, 6.45) is -4.48. The van der Waals surface area contributed by atoms with E-state index < -0.39 is 18.6 Å². The van der Waals surface area contributed by atoms with E-state index in [1.807, 2.05) is 5.32 Å². The number of alkyl halides is 3. The molecule has 0 atom stereocenters. The van der Waals surface area contributed by atoms with Crippen LogP contribution in [0.3, 0.4) is 0 Å². The number of amides is 1. The highest BCUT2D eigenvalue weighted by Gasteiger charge is 2.28. The Kier molecular flexibility index (Phi) is 5.01. The summed E-state index contributed by atoms with van der Waals surface area (Å²) >= 11 is 0. The van der Waals surface area contributed by atoms with Crippen LogP contribution in [0.2, 0.25) is 0 Å². The van der Waals surface area contributed by atoms with Gasteiger partial charge in [0.1, 0.15) is 23.7 Å². The number of rotatable bonds is 5. The summed E-state index contributed by atoms with van der Waals surface area (Å²) < 4.78 is 48.2. The van der Waals surface area contributed by atoms with Crippen LogP contribution in [0.5, 0.6) is 11.5 Å². The molecule has 1 amide bonds. The Bertz CT molecular complexity index is 741. The van der Waals surface area contributed by atoms with E-state index in [1.54, 1.807) is 18.2 Å². The molecule has 9 heteroatoms. The van der Waals surface area contributed by atoms with Crippen molar-refractivity contribution in [2.24, 2.45) is 7.05 Å². The first kappa shape index (κ1) is 17.6. The minimum Gasteiger partial charge on any atom is -0.497 e. The van der Waals surface area contributed by atoms with E-state index in [4.69, 9.17) is 9.47 Å². The van der Waals surface area contributed by atoms with Crippen molar-refractivity contribution in [3.05, 3.63) is 30.0 Å². The number of hydrogen-bond donors (Lipinski definition) is 1. The van der Waals surface area contributed by atoms with E-state index in [2.05, 4.69) is 5.10 Å². The van der Waals surface area contributed by atoms with Crippen molar-refractivity contribution in [2.75, 3.05) is 20.8 Å². The Morgan fingerprint density at radius 2 is 1.96 bits per heavy atom. The average Bonchev–Trinajstić information content (AvgIpc) is 2.93. The molecule has 0 saturated carbocycles. The molecule has 2 aromatic rings. The van der Waals surface area contributed by atoms with Gasteiger partial charge in [0, 0.05) is 12.6 Å². The molecule has 24 heavy (non-hydrogen) atoms. The summed E-state index contributed by atoms with van der Waals surface area (Å²) in [6.45, 7) is -1.41. The van der Waals surface area contributed by atoms with Crippen molar-refractivity contribution in [3.8, 4) is 22.8 Å². The molecule has 1 N–H and O–H groups in total. The van der Waals surface area contributed by atoms with Gasteiger partial charge < -0.3 is 14.8 Å². The number of benzene rings is 1. The standard InChI is InChI=1S/C15H16F3N3O3/c1-21-12(14(22)19-8-15(16,17)18)7-11(20-21)10-6-9(23-2)4-5-13(10)24-3/h4-7H,8H2,1-3H3,(H,19,22). The maximum Gasteiger partial charge on any atom is 0.405 e. The van der Waals surface area contributed by atoms with E-state index in [1.165, 1.54) is 32.0 Å². The molecule has 0 aliphatic heterocycles. The van der Waals surface area contributed by atoms with Crippen molar-refractivity contribution in [1.82, 2.24) is 15.1 Å². The van der Waals surface area contributed by atoms with Crippen LogP contribution < -0.4 is 14.8 Å². The Balaban J connectivity index is 2.33. The highest BCUT2D eigenvalue weighted by Crippen LogP contribution is 2.32. The molecule has 130 valence electrons. The van der Waals surface area contributed by atoms with Crippen LogP contribution in [0.25, 0.3) is 11.3 Å². The molecule has 1 heterocycles. The van der Waals surface area contributed by atoms with Crippen molar-refractivity contribution in [1.29, 1.82) is 0 Å². The molecule has 0 radical (unpaired) electrons. The predicted octanol–water partition coefficient (Wildman–Crippen LogP) is 2.40. The van der Waals surface area contributed by atoms with E-state index in [9.17, 15) is 18.0 Å². The van der Waals surface area contributed by atoms with Crippen LogP contribution in [0.1, 0.15) is 10.5 Å². The summed E-state index contributed by atoms with van der Waals surface area (Å²) in [5.41, 5.74) is 0.937. The molecule has 0 aliphatic carbocycles. The number of carbonyl (C=O) groups excluding carboxylic acids is 1. The minimum atomic E-state index is -4.48. The number of hydrogen-bond acceptors (Lipinski definition) is 4. The Hall–Kier alpha value is -2.71. The van der Waals surface area contributed by atoms with E-state index in [0.717, 1.165) is 0 Å². The van der Waals surface area contributed by atoms with Crippen LogP contribution in [0.15, 0.2) is 24.3 Å². The third-order valence-corrected chi connectivity index (χ3v) is 3.24. The number of aromatic nitrogens is 2. The van der Waals surface area contributed by atoms with Crippen LogP contribution in [0.4, 0.5) is 13.2 Å². The fourth-order valence-corrected chi connectivity index (χ4v) is 2.10. The molecular weight excluding hydrogens is 327 g/mol. The normalized spacial score (nSPS) is 11.2. The summed E-state index contributed by atoms with van der Waals surface area (Å²) in [5.74, 6) is 0.186.